The second kappa shape index (κ2) is 13.8. The van der Waals surface area contributed by atoms with Gasteiger partial charge in [-0.1, -0.05) is 23.9 Å². The molecule has 0 atom stereocenters. The Morgan fingerprint density at radius 2 is 1.93 bits per heavy atom. The number of alkyl halides is 3. The highest BCUT2D eigenvalue weighted by atomic mass is 32.2. The molecule has 3 aromatic carbocycles. The van der Waals surface area contributed by atoms with Gasteiger partial charge in [0.05, 0.1) is 29.4 Å². The van der Waals surface area contributed by atoms with Gasteiger partial charge in [-0.25, -0.2) is 18.9 Å². The lowest BCUT2D eigenvalue weighted by atomic mass is 10.1. The number of hydrogen-bond donors (Lipinski definition) is 1. The van der Waals surface area contributed by atoms with Crippen LogP contribution < -0.4 is 15.0 Å². The average Bonchev–Trinajstić information content (AvgIpc) is 3.64. The third-order valence-electron chi connectivity index (χ3n) is 6.33. The van der Waals surface area contributed by atoms with Crippen LogP contribution in [-0.2, 0) is 16.1 Å². The van der Waals surface area contributed by atoms with Gasteiger partial charge >= 0.3 is 12.2 Å². The normalized spacial score (nSPS) is 14.0. The Balaban J connectivity index is 1.29. The first-order chi connectivity index (χ1) is 22.0. The number of rotatable bonds is 9. The number of benzene rings is 3. The van der Waals surface area contributed by atoms with Crippen LogP contribution in [0.25, 0.3) is 17.1 Å². The van der Waals surface area contributed by atoms with Gasteiger partial charge in [-0.3, -0.25) is 9.69 Å². The number of halogens is 4. The summed E-state index contributed by atoms with van der Waals surface area (Å²) in [5.74, 6) is -0.576. The fraction of sp³-hybridized carbons (Fsp3) is 0.200. The van der Waals surface area contributed by atoms with Gasteiger partial charge in [-0.05, 0) is 61.0 Å². The van der Waals surface area contributed by atoms with E-state index in [1.54, 1.807) is 43.3 Å². The average molecular weight is 654 g/mol. The zero-order valence-corrected chi connectivity index (χ0v) is 24.7. The van der Waals surface area contributed by atoms with Crippen LogP contribution >= 0.6 is 11.8 Å². The fourth-order valence-corrected chi connectivity index (χ4v) is 5.14. The minimum atomic E-state index is -4.52. The molecule has 236 valence electrons. The van der Waals surface area contributed by atoms with E-state index in [1.165, 1.54) is 29.2 Å². The number of aromatic nitrogens is 3. The summed E-state index contributed by atoms with van der Waals surface area (Å²) in [5, 5.41) is 15.3. The van der Waals surface area contributed by atoms with Crippen molar-refractivity contribution in [3.63, 3.8) is 0 Å². The van der Waals surface area contributed by atoms with E-state index in [1.807, 2.05) is 6.07 Å². The number of thioether (sulfide) groups is 1. The van der Waals surface area contributed by atoms with Gasteiger partial charge in [0.25, 0.3) is 0 Å². The maximum absolute atomic E-state index is 15.1. The Hall–Kier alpha value is -5.27. The van der Waals surface area contributed by atoms with Crippen LogP contribution in [0.1, 0.15) is 11.1 Å². The number of aryl methyl sites for hydroxylation is 1. The van der Waals surface area contributed by atoms with Crippen molar-refractivity contribution in [1.29, 1.82) is 5.26 Å². The highest BCUT2D eigenvalue weighted by Crippen LogP contribution is 2.32. The number of carbonyl (C=O) groups excluding carboxylic acids is 2. The zero-order valence-electron chi connectivity index (χ0n) is 23.9. The van der Waals surface area contributed by atoms with E-state index in [0.29, 0.717) is 22.6 Å². The van der Waals surface area contributed by atoms with Crippen LogP contribution in [0.5, 0.6) is 5.75 Å². The number of amides is 3. The molecule has 0 radical (unpaired) electrons. The zero-order chi connectivity index (χ0) is 32.8. The summed E-state index contributed by atoms with van der Waals surface area (Å²) in [4.78, 5) is 34.9. The van der Waals surface area contributed by atoms with Gasteiger partial charge in [0.2, 0.25) is 5.91 Å². The Morgan fingerprint density at radius 1 is 1.15 bits per heavy atom. The molecule has 3 amide bonds. The topological polar surface area (TPSA) is 135 Å². The minimum Gasteiger partial charge on any atom is -0.479 e. The van der Waals surface area contributed by atoms with Gasteiger partial charge in [-0.15, -0.1) is 5.10 Å². The molecule has 1 aromatic heterocycles. The predicted molar refractivity (Wildman–Crippen MR) is 161 cm³/mol. The number of carbonyl (C=O) groups is 2. The van der Waals surface area contributed by atoms with Crippen molar-refractivity contribution in [2.45, 2.75) is 19.7 Å². The van der Waals surface area contributed by atoms with Crippen LogP contribution in [-0.4, -0.2) is 57.0 Å². The maximum Gasteiger partial charge on any atom is 0.411 e. The molecule has 0 spiro atoms. The summed E-state index contributed by atoms with van der Waals surface area (Å²) in [6, 6.07) is 16.4. The van der Waals surface area contributed by atoms with E-state index < -0.39 is 37.1 Å². The number of ether oxygens (including phenoxy) is 2. The largest absolute Gasteiger partial charge is 0.479 e. The molecule has 2 heterocycles. The lowest BCUT2D eigenvalue weighted by Crippen LogP contribution is -2.31. The van der Waals surface area contributed by atoms with E-state index in [0.717, 1.165) is 22.7 Å². The number of anilines is 2. The SMILES string of the molecule is Cc1ccc(COCC(F)(F)F)c(N2C(=O)CSC2=NC(=O)Nc2ccc(-c3ncn(-c4ccc(OCC#N)cc4)n3)cc2F)c1. The molecule has 1 N–H and O–H groups in total. The molecule has 1 saturated heterocycles. The maximum atomic E-state index is 15.1. The molecule has 46 heavy (non-hydrogen) atoms. The van der Waals surface area contributed by atoms with Crippen LogP contribution in [0.4, 0.5) is 33.7 Å². The van der Waals surface area contributed by atoms with E-state index in [2.05, 4.69) is 20.4 Å². The Labute approximate surface area is 263 Å². The van der Waals surface area contributed by atoms with Gasteiger partial charge in [0.15, 0.2) is 17.6 Å². The standard InChI is InChI=1S/C30H23F4N7O4S/c1-18-2-3-20(14-44-16-30(32,33)34)25(12-18)41-26(42)15-46-29(41)38-28(43)37-24-9-4-19(13-23(24)31)27-36-17-40(39-27)21-5-7-22(8-6-21)45-11-10-35/h2-9,12-13,17H,11,14-16H2,1H3,(H,37,43). The smallest absolute Gasteiger partial charge is 0.411 e. The van der Waals surface area contributed by atoms with E-state index in [9.17, 15) is 22.8 Å². The van der Waals surface area contributed by atoms with Gasteiger partial charge in [0, 0.05) is 11.1 Å². The van der Waals surface area contributed by atoms with Gasteiger partial charge in [-0.2, -0.15) is 23.4 Å². The molecule has 1 fully saturated rings. The van der Waals surface area contributed by atoms with Gasteiger partial charge in [0.1, 0.15) is 30.6 Å². The fourth-order valence-electron chi connectivity index (χ4n) is 4.28. The number of aliphatic imine (C=N–C) groups is 1. The number of hydrogen-bond acceptors (Lipinski definition) is 8. The molecule has 16 heteroatoms. The Kier molecular flexibility index (Phi) is 9.64. The van der Waals surface area contributed by atoms with Crippen LogP contribution in [0.15, 0.2) is 72.0 Å². The van der Waals surface area contributed by atoms with Crippen molar-refractivity contribution < 1.29 is 36.6 Å². The van der Waals surface area contributed by atoms with Crippen molar-refractivity contribution in [3.05, 3.63) is 83.9 Å². The number of nitriles is 1. The molecule has 0 unspecified atom stereocenters. The third kappa shape index (κ3) is 7.86. The highest BCUT2D eigenvalue weighted by molar-refractivity contribution is 8.15. The lowest BCUT2D eigenvalue weighted by molar-refractivity contribution is -0.176. The summed E-state index contributed by atoms with van der Waals surface area (Å²) in [7, 11) is 0. The van der Waals surface area contributed by atoms with E-state index in [4.69, 9.17) is 14.7 Å². The first kappa shape index (κ1) is 32.1. The number of nitrogens with one attached hydrogen (secondary N) is 1. The third-order valence-corrected chi connectivity index (χ3v) is 7.26. The second-order valence-electron chi connectivity index (χ2n) is 9.73. The molecule has 11 nitrogen and oxygen atoms in total. The second-order valence-corrected chi connectivity index (χ2v) is 10.7. The molecule has 5 rings (SSSR count). The molecular formula is C30H23F4N7O4S. The van der Waals surface area contributed by atoms with Crippen LogP contribution in [0.2, 0.25) is 0 Å². The minimum absolute atomic E-state index is 0.0263. The molecule has 0 saturated carbocycles. The summed E-state index contributed by atoms with van der Waals surface area (Å²) in [6.07, 6.45) is -3.08. The summed E-state index contributed by atoms with van der Waals surface area (Å²) >= 11 is 0.956. The number of amidine groups is 1. The van der Waals surface area contributed by atoms with Crippen LogP contribution in [0.3, 0.4) is 0 Å². The quantitative estimate of drug-likeness (QED) is 0.217. The highest BCUT2D eigenvalue weighted by Gasteiger charge is 2.33. The van der Waals surface area contributed by atoms with Gasteiger partial charge < -0.3 is 14.8 Å². The summed E-state index contributed by atoms with van der Waals surface area (Å²) in [6.45, 7) is -0.248. The number of urea groups is 1. The van der Waals surface area contributed by atoms with Crippen molar-refractivity contribution in [1.82, 2.24) is 14.8 Å². The molecule has 0 bridgehead atoms. The molecule has 0 aliphatic carbocycles. The lowest BCUT2D eigenvalue weighted by Gasteiger charge is -2.21. The van der Waals surface area contributed by atoms with Crippen molar-refractivity contribution in [2.24, 2.45) is 4.99 Å². The monoisotopic (exact) mass is 653 g/mol. The molecular weight excluding hydrogens is 630 g/mol. The number of nitrogens with zero attached hydrogens (tertiary/aromatic N) is 6. The van der Waals surface area contributed by atoms with Crippen molar-refractivity contribution >= 4 is 40.2 Å². The molecule has 1 aliphatic rings. The molecule has 1 aliphatic heterocycles. The Morgan fingerprint density at radius 3 is 2.65 bits per heavy atom. The van der Waals surface area contributed by atoms with Crippen LogP contribution in [0, 0.1) is 24.1 Å². The predicted octanol–water partition coefficient (Wildman–Crippen LogP) is 6.03. The summed E-state index contributed by atoms with van der Waals surface area (Å²) < 4.78 is 64.4. The van der Waals surface area contributed by atoms with E-state index in [-0.39, 0.29) is 40.3 Å². The molecule has 4 aromatic rings. The first-order valence-corrected chi connectivity index (χ1v) is 14.4. The van der Waals surface area contributed by atoms with E-state index >= 15 is 4.39 Å². The Bertz CT molecular complexity index is 1840. The first-order valence-electron chi connectivity index (χ1n) is 13.4. The van der Waals surface area contributed by atoms with Crippen molar-refractivity contribution in [3.8, 4) is 28.9 Å². The van der Waals surface area contributed by atoms with Crippen molar-refractivity contribution in [2.75, 3.05) is 29.2 Å². The summed E-state index contributed by atoms with van der Waals surface area (Å²) in [5.41, 5.74) is 2.02.